The van der Waals surface area contributed by atoms with Crippen LogP contribution in [0.4, 0.5) is 0 Å². The Bertz CT molecular complexity index is 1620. The van der Waals surface area contributed by atoms with Gasteiger partial charge in [0.15, 0.2) is 5.78 Å². The molecule has 0 aliphatic carbocycles. The number of fused-ring (bicyclic) bond motifs is 4. The van der Waals surface area contributed by atoms with E-state index in [2.05, 4.69) is 11.5 Å². The van der Waals surface area contributed by atoms with E-state index >= 15 is 0 Å². The van der Waals surface area contributed by atoms with Crippen molar-refractivity contribution in [2.45, 2.75) is 32.7 Å². The number of carbonyl (C=O) groups excluding carboxylic acids is 3. The van der Waals surface area contributed by atoms with Gasteiger partial charge in [0.1, 0.15) is 6.29 Å². The first-order valence-electron chi connectivity index (χ1n) is 12.3. The Labute approximate surface area is 209 Å². The van der Waals surface area contributed by atoms with E-state index in [9.17, 15) is 14.4 Å². The third-order valence-corrected chi connectivity index (χ3v) is 6.81. The summed E-state index contributed by atoms with van der Waals surface area (Å²) in [5.74, 6) is -1.10. The Morgan fingerprint density at radius 3 is 2.33 bits per heavy atom. The molecule has 0 fully saturated rings. The predicted molar refractivity (Wildman–Crippen MR) is 143 cm³/mol. The minimum absolute atomic E-state index is 0.0346. The largest absolute Gasteiger partial charge is 0.466 e. The van der Waals surface area contributed by atoms with Crippen LogP contribution in [0.15, 0.2) is 78.9 Å². The summed E-state index contributed by atoms with van der Waals surface area (Å²) in [5, 5.41) is 3.83. The van der Waals surface area contributed by atoms with Crippen LogP contribution in [0.2, 0.25) is 0 Å². The summed E-state index contributed by atoms with van der Waals surface area (Å²) in [5.41, 5.74) is 4.03. The summed E-state index contributed by atoms with van der Waals surface area (Å²) in [6.45, 7) is 4.84. The SMILES string of the molecule is CCOC(=O)C(CC=O)c1ccc2c(c1)c1cc(C(=O)c3cccc4ccccc34)ccc1n2CC. The second-order valence-electron chi connectivity index (χ2n) is 8.82. The van der Waals surface area contributed by atoms with Crippen LogP contribution in [0.3, 0.4) is 0 Å². The van der Waals surface area contributed by atoms with Crippen LogP contribution < -0.4 is 0 Å². The van der Waals surface area contributed by atoms with Crippen LogP contribution in [0, 0.1) is 0 Å². The van der Waals surface area contributed by atoms with Crippen LogP contribution in [0.1, 0.15) is 47.7 Å². The molecule has 5 heteroatoms. The van der Waals surface area contributed by atoms with Crippen molar-refractivity contribution in [1.29, 1.82) is 0 Å². The minimum Gasteiger partial charge on any atom is -0.466 e. The molecule has 5 aromatic rings. The average molecular weight is 478 g/mol. The van der Waals surface area contributed by atoms with Crippen molar-refractivity contribution in [2.75, 3.05) is 6.61 Å². The maximum Gasteiger partial charge on any atom is 0.313 e. The van der Waals surface area contributed by atoms with E-state index in [4.69, 9.17) is 4.74 Å². The first kappa shape index (κ1) is 23.5. The molecule has 1 aromatic heterocycles. The predicted octanol–water partition coefficient (Wildman–Crippen LogP) is 6.43. The van der Waals surface area contributed by atoms with Crippen molar-refractivity contribution in [3.63, 3.8) is 0 Å². The molecule has 0 aliphatic rings. The molecule has 36 heavy (non-hydrogen) atoms. The normalized spacial score (nSPS) is 12.2. The lowest BCUT2D eigenvalue weighted by molar-refractivity contribution is -0.145. The fraction of sp³-hybridized carbons (Fsp3) is 0.194. The van der Waals surface area contributed by atoms with Crippen molar-refractivity contribution >= 4 is 50.6 Å². The Morgan fingerprint density at radius 1 is 0.861 bits per heavy atom. The Morgan fingerprint density at radius 2 is 1.58 bits per heavy atom. The van der Waals surface area contributed by atoms with Crippen LogP contribution in [0.25, 0.3) is 32.6 Å². The number of rotatable bonds is 8. The van der Waals surface area contributed by atoms with Crippen LogP contribution >= 0.6 is 0 Å². The van der Waals surface area contributed by atoms with E-state index in [0.717, 1.165) is 51.0 Å². The molecule has 0 bridgehead atoms. The Hall–Kier alpha value is -4.25. The highest BCUT2D eigenvalue weighted by molar-refractivity contribution is 6.19. The number of ether oxygens (including phenoxy) is 1. The molecule has 0 amide bonds. The highest BCUT2D eigenvalue weighted by atomic mass is 16.5. The molecule has 5 rings (SSSR count). The van der Waals surface area contributed by atoms with Crippen molar-refractivity contribution in [1.82, 2.24) is 4.57 Å². The number of hydrogen-bond donors (Lipinski definition) is 0. The van der Waals surface area contributed by atoms with Crippen LogP contribution in [0.5, 0.6) is 0 Å². The number of nitrogens with zero attached hydrogens (tertiary/aromatic N) is 1. The lowest BCUT2D eigenvalue weighted by atomic mass is 9.94. The number of benzene rings is 4. The highest BCUT2D eigenvalue weighted by Gasteiger charge is 2.23. The molecule has 1 atom stereocenters. The van der Waals surface area contributed by atoms with Gasteiger partial charge in [-0.15, -0.1) is 0 Å². The van der Waals surface area contributed by atoms with E-state index in [-0.39, 0.29) is 18.8 Å². The third-order valence-electron chi connectivity index (χ3n) is 6.81. The van der Waals surface area contributed by atoms with Gasteiger partial charge in [0.05, 0.1) is 12.5 Å². The molecule has 0 saturated heterocycles. The van der Waals surface area contributed by atoms with Crippen LogP contribution in [-0.4, -0.2) is 29.2 Å². The Balaban J connectivity index is 1.67. The molecule has 0 spiro atoms. The molecule has 0 N–H and O–H groups in total. The maximum atomic E-state index is 13.6. The minimum atomic E-state index is -0.660. The first-order valence-corrected chi connectivity index (χ1v) is 12.3. The van der Waals surface area contributed by atoms with Gasteiger partial charge in [-0.25, -0.2) is 0 Å². The summed E-state index contributed by atoms with van der Waals surface area (Å²) in [6, 6.07) is 25.3. The topological polar surface area (TPSA) is 65.4 Å². The second-order valence-corrected chi connectivity index (χ2v) is 8.82. The zero-order valence-corrected chi connectivity index (χ0v) is 20.4. The fourth-order valence-corrected chi connectivity index (χ4v) is 5.11. The van der Waals surface area contributed by atoms with Gasteiger partial charge < -0.3 is 14.1 Å². The molecule has 0 aliphatic heterocycles. The molecule has 1 unspecified atom stereocenters. The van der Waals surface area contributed by atoms with Gasteiger partial charge >= 0.3 is 5.97 Å². The molecule has 1 heterocycles. The summed E-state index contributed by atoms with van der Waals surface area (Å²) in [6.07, 6.45) is 0.809. The van der Waals surface area contributed by atoms with E-state index in [1.165, 1.54) is 0 Å². The van der Waals surface area contributed by atoms with Gasteiger partial charge in [-0.05, 0) is 60.5 Å². The molecule has 4 aromatic carbocycles. The summed E-state index contributed by atoms with van der Waals surface area (Å²) >= 11 is 0. The maximum absolute atomic E-state index is 13.6. The summed E-state index contributed by atoms with van der Waals surface area (Å²) in [7, 11) is 0. The lowest BCUT2D eigenvalue weighted by Gasteiger charge is -2.14. The number of aromatic nitrogens is 1. The molecule has 0 saturated carbocycles. The van der Waals surface area contributed by atoms with Gasteiger partial charge in [-0.3, -0.25) is 9.59 Å². The number of hydrogen-bond acceptors (Lipinski definition) is 4. The van der Waals surface area contributed by atoms with Crippen molar-refractivity contribution in [3.8, 4) is 0 Å². The summed E-state index contributed by atoms with van der Waals surface area (Å²) < 4.78 is 7.42. The third kappa shape index (κ3) is 3.97. The van der Waals surface area contributed by atoms with Crippen LogP contribution in [-0.2, 0) is 20.9 Å². The number of ketones is 1. The van der Waals surface area contributed by atoms with Gasteiger partial charge in [-0.1, -0.05) is 48.5 Å². The molecular weight excluding hydrogens is 450 g/mol. The standard InChI is InChI=1S/C31H27NO4/c1-3-32-28-14-12-21(24(16-17-33)31(35)36-4-2)18-26(28)27-19-22(13-15-29(27)32)30(34)25-11-7-9-20-8-5-6-10-23(20)25/h5-15,17-19,24H,3-4,16H2,1-2H3. The second kappa shape index (κ2) is 9.78. The molecule has 5 nitrogen and oxygen atoms in total. The van der Waals surface area contributed by atoms with E-state index in [0.29, 0.717) is 11.1 Å². The zero-order valence-electron chi connectivity index (χ0n) is 20.4. The molecular formula is C31H27NO4. The number of carbonyl (C=O) groups is 3. The van der Waals surface area contributed by atoms with Crippen molar-refractivity contribution < 1.29 is 19.1 Å². The highest BCUT2D eigenvalue weighted by Crippen LogP contribution is 2.34. The van der Waals surface area contributed by atoms with Crippen molar-refractivity contribution in [3.05, 3.63) is 95.6 Å². The number of aryl methyl sites for hydroxylation is 1. The van der Waals surface area contributed by atoms with E-state index < -0.39 is 11.9 Å². The van der Waals surface area contributed by atoms with Crippen molar-refractivity contribution in [2.24, 2.45) is 0 Å². The molecule has 0 radical (unpaired) electrons. The monoisotopic (exact) mass is 477 g/mol. The smallest absolute Gasteiger partial charge is 0.313 e. The zero-order chi connectivity index (χ0) is 25.2. The quantitative estimate of drug-likeness (QED) is 0.147. The van der Waals surface area contributed by atoms with Gasteiger partial charge in [0, 0.05) is 45.9 Å². The number of aldehydes is 1. The Kier molecular flexibility index (Phi) is 6.38. The lowest BCUT2D eigenvalue weighted by Crippen LogP contribution is -2.16. The summed E-state index contributed by atoms with van der Waals surface area (Å²) in [4.78, 5) is 37.5. The number of esters is 1. The van der Waals surface area contributed by atoms with E-state index in [1.54, 1.807) is 6.92 Å². The average Bonchev–Trinajstić information content (AvgIpc) is 3.23. The first-order chi connectivity index (χ1) is 17.6. The van der Waals surface area contributed by atoms with Gasteiger partial charge in [0.2, 0.25) is 0 Å². The molecule has 180 valence electrons. The van der Waals surface area contributed by atoms with Gasteiger partial charge in [0.25, 0.3) is 0 Å². The van der Waals surface area contributed by atoms with E-state index in [1.807, 2.05) is 78.9 Å². The van der Waals surface area contributed by atoms with Gasteiger partial charge in [-0.2, -0.15) is 0 Å². The fourth-order valence-electron chi connectivity index (χ4n) is 5.11.